The molecule has 3 unspecified atom stereocenters. The Bertz CT molecular complexity index is 526. The van der Waals surface area contributed by atoms with Crippen molar-refractivity contribution >= 4 is 5.97 Å². The number of carboxylic acid groups (broad SMARTS) is 1. The van der Waals surface area contributed by atoms with Gasteiger partial charge in [0.2, 0.25) is 0 Å². The summed E-state index contributed by atoms with van der Waals surface area (Å²) in [5, 5.41) is 22.8. The molecule has 1 saturated carbocycles. The van der Waals surface area contributed by atoms with E-state index in [2.05, 4.69) is 4.98 Å². The topological polar surface area (TPSA) is 128 Å². The standard InChI is InChI=1S/C13H18N2O3.HNO3/c16-13(17)11-7-14-8-15(11)10-5-6-18-12-4-2-1-3-9(10)12;2-1(3)4/h7-10,12H,1-6H2,(H,16,17);(H,2,3,4). The number of fused-ring (bicyclic) bond motifs is 1. The van der Waals surface area contributed by atoms with Gasteiger partial charge in [0.05, 0.1) is 18.6 Å². The fourth-order valence-corrected chi connectivity index (χ4v) is 3.41. The van der Waals surface area contributed by atoms with Gasteiger partial charge in [-0.05, 0) is 19.3 Å². The van der Waals surface area contributed by atoms with E-state index in [1.54, 1.807) is 6.33 Å². The highest BCUT2D eigenvalue weighted by Crippen LogP contribution is 2.40. The van der Waals surface area contributed by atoms with Crippen molar-refractivity contribution in [3.05, 3.63) is 28.3 Å². The Balaban J connectivity index is 0.000000396. The molecule has 2 aliphatic rings. The third-order valence-electron chi connectivity index (χ3n) is 4.24. The van der Waals surface area contributed by atoms with E-state index in [0.29, 0.717) is 17.7 Å². The normalized spacial score (nSPS) is 27.2. The number of nitrogens with zero attached hydrogens (tertiary/aromatic N) is 3. The fourth-order valence-electron chi connectivity index (χ4n) is 3.41. The molecule has 0 spiro atoms. The van der Waals surface area contributed by atoms with Gasteiger partial charge in [0.1, 0.15) is 5.69 Å². The van der Waals surface area contributed by atoms with Crippen molar-refractivity contribution < 1.29 is 24.9 Å². The molecule has 1 aliphatic carbocycles. The van der Waals surface area contributed by atoms with Gasteiger partial charge < -0.3 is 19.6 Å². The Morgan fingerprint density at radius 3 is 2.77 bits per heavy atom. The molecule has 0 aromatic carbocycles. The van der Waals surface area contributed by atoms with Crippen LogP contribution in [0.3, 0.4) is 0 Å². The van der Waals surface area contributed by atoms with Crippen molar-refractivity contribution in [2.45, 2.75) is 44.2 Å². The van der Waals surface area contributed by atoms with Crippen LogP contribution in [0.5, 0.6) is 0 Å². The summed E-state index contributed by atoms with van der Waals surface area (Å²) in [6.45, 7) is 0.725. The van der Waals surface area contributed by atoms with Crippen molar-refractivity contribution in [2.75, 3.05) is 6.61 Å². The lowest BCUT2D eigenvalue weighted by atomic mass is 9.78. The molecule has 0 amide bonds. The number of imidazole rings is 1. The van der Waals surface area contributed by atoms with Crippen LogP contribution in [0.1, 0.15) is 48.6 Å². The summed E-state index contributed by atoms with van der Waals surface area (Å²) >= 11 is 0. The number of aromatic nitrogens is 2. The molecule has 22 heavy (non-hydrogen) atoms. The van der Waals surface area contributed by atoms with E-state index in [4.69, 9.17) is 20.1 Å². The highest BCUT2D eigenvalue weighted by Gasteiger charge is 2.37. The van der Waals surface area contributed by atoms with Crippen LogP contribution in [0, 0.1) is 16.0 Å². The van der Waals surface area contributed by atoms with E-state index < -0.39 is 11.1 Å². The molecule has 2 heterocycles. The highest BCUT2D eigenvalue weighted by molar-refractivity contribution is 5.85. The van der Waals surface area contributed by atoms with Gasteiger partial charge in [0, 0.05) is 18.6 Å². The Hall–Kier alpha value is -2.16. The third kappa shape index (κ3) is 3.73. The van der Waals surface area contributed by atoms with Crippen molar-refractivity contribution in [1.82, 2.24) is 9.55 Å². The van der Waals surface area contributed by atoms with Crippen LogP contribution < -0.4 is 0 Å². The maximum absolute atomic E-state index is 11.2. The van der Waals surface area contributed by atoms with E-state index in [-0.39, 0.29) is 6.04 Å². The second-order valence-corrected chi connectivity index (χ2v) is 5.44. The predicted octanol–water partition coefficient (Wildman–Crippen LogP) is 1.75. The lowest BCUT2D eigenvalue weighted by Gasteiger charge is -2.41. The summed E-state index contributed by atoms with van der Waals surface area (Å²) < 4.78 is 7.67. The molecule has 122 valence electrons. The van der Waals surface area contributed by atoms with Crippen LogP contribution in [0.25, 0.3) is 0 Å². The van der Waals surface area contributed by atoms with Crippen LogP contribution in [0.4, 0.5) is 0 Å². The molecule has 0 radical (unpaired) electrons. The van der Waals surface area contributed by atoms with Crippen LogP contribution >= 0.6 is 0 Å². The average molecular weight is 313 g/mol. The van der Waals surface area contributed by atoms with Crippen LogP contribution in [-0.2, 0) is 4.74 Å². The number of hydrogen-bond acceptors (Lipinski definition) is 5. The third-order valence-corrected chi connectivity index (χ3v) is 4.24. The predicted molar refractivity (Wildman–Crippen MR) is 73.3 cm³/mol. The minimum absolute atomic E-state index is 0.234. The maximum atomic E-state index is 11.2. The first-order chi connectivity index (χ1) is 10.5. The monoisotopic (exact) mass is 313 g/mol. The maximum Gasteiger partial charge on any atom is 0.354 e. The molecule has 9 nitrogen and oxygen atoms in total. The molecular weight excluding hydrogens is 294 g/mol. The van der Waals surface area contributed by atoms with E-state index in [1.165, 1.54) is 19.0 Å². The molecule has 2 fully saturated rings. The second-order valence-electron chi connectivity index (χ2n) is 5.44. The smallest absolute Gasteiger partial charge is 0.354 e. The molecule has 1 aromatic heterocycles. The fraction of sp³-hybridized carbons (Fsp3) is 0.692. The van der Waals surface area contributed by atoms with Crippen LogP contribution in [0.15, 0.2) is 12.5 Å². The average Bonchev–Trinajstić information content (AvgIpc) is 2.95. The Morgan fingerprint density at radius 2 is 2.09 bits per heavy atom. The SMILES string of the molecule is O=C(O)c1cncn1C1CCOC2CCCCC21.O=[N+]([O-])O. The lowest BCUT2D eigenvalue weighted by Crippen LogP contribution is -2.40. The largest absolute Gasteiger partial charge is 0.477 e. The van der Waals surface area contributed by atoms with Gasteiger partial charge in [-0.3, -0.25) is 0 Å². The number of ether oxygens (including phenoxy) is 1. The quantitative estimate of drug-likeness (QED) is 0.628. The molecule has 9 heteroatoms. The molecule has 0 bridgehead atoms. The number of aromatic carboxylic acids is 1. The van der Waals surface area contributed by atoms with Crippen molar-refractivity contribution in [3.8, 4) is 0 Å². The van der Waals surface area contributed by atoms with Gasteiger partial charge in [-0.25, -0.2) is 9.78 Å². The second kappa shape index (κ2) is 7.21. The first-order valence-corrected chi connectivity index (χ1v) is 7.20. The number of carbonyl (C=O) groups is 1. The summed E-state index contributed by atoms with van der Waals surface area (Å²) in [5.41, 5.74) is 0.297. The summed E-state index contributed by atoms with van der Waals surface area (Å²) in [6, 6.07) is 0.234. The van der Waals surface area contributed by atoms with E-state index in [9.17, 15) is 9.90 Å². The number of rotatable bonds is 2. The van der Waals surface area contributed by atoms with Crippen LogP contribution in [-0.4, -0.2) is 43.6 Å². The van der Waals surface area contributed by atoms with Crippen molar-refractivity contribution in [2.24, 2.45) is 5.92 Å². The van der Waals surface area contributed by atoms with Gasteiger partial charge in [-0.15, -0.1) is 10.1 Å². The van der Waals surface area contributed by atoms with Gasteiger partial charge in [0.15, 0.2) is 0 Å². The van der Waals surface area contributed by atoms with Gasteiger partial charge in [0.25, 0.3) is 5.09 Å². The molecule has 2 N–H and O–H groups in total. The zero-order chi connectivity index (χ0) is 16.1. The van der Waals surface area contributed by atoms with Crippen molar-refractivity contribution in [1.29, 1.82) is 0 Å². The first-order valence-electron chi connectivity index (χ1n) is 7.20. The number of carboxylic acids is 1. The molecule has 3 rings (SSSR count). The highest BCUT2D eigenvalue weighted by atomic mass is 16.9. The van der Waals surface area contributed by atoms with Crippen molar-refractivity contribution in [3.63, 3.8) is 0 Å². The zero-order valence-corrected chi connectivity index (χ0v) is 12.0. The molecular formula is C13H19N3O6. The molecule has 1 aliphatic heterocycles. The minimum atomic E-state index is -1.50. The Labute approximate surface area is 126 Å². The van der Waals surface area contributed by atoms with E-state index in [1.807, 2.05) is 4.57 Å². The Kier molecular flexibility index (Phi) is 5.31. The first kappa shape index (κ1) is 16.2. The molecule has 3 atom stereocenters. The lowest BCUT2D eigenvalue weighted by molar-refractivity contribution is -0.742. The van der Waals surface area contributed by atoms with Crippen LogP contribution in [0.2, 0.25) is 0 Å². The minimum Gasteiger partial charge on any atom is -0.477 e. The summed E-state index contributed by atoms with van der Waals surface area (Å²) in [4.78, 5) is 23.6. The Morgan fingerprint density at radius 1 is 1.41 bits per heavy atom. The molecule has 1 aromatic rings. The van der Waals surface area contributed by atoms with Gasteiger partial charge in [-0.2, -0.15) is 0 Å². The van der Waals surface area contributed by atoms with E-state index in [0.717, 1.165) is 25.9 Å². The summed E-state index contributed by atoms with van der Waals surface area (Å²) in [7, 11) is 0. The summed E-state index contributed by atoms with van der Waals surface area (Å²) in [6.07, 6.45) is 8.98. The van der Waals surface area contributed by atoms with Gasteiger partial charge >= 0.3 is 5.97 Å². The number of hydrogen-bond donors (Lipinski definition) is 2. The van der Waals surface area contributed by atoms with E-state index >= 15 is 0 Å². The molecule has 1 saturated heterocycles. The summed E-state index contributed by atoms with van der Waals surface area (Å²) in [5.74, 6) is -0.453. The van der Waals surface area contributed by atoms with Gasteiger partial charge in [-0.1, -0.05) is 12.8 Å². The zero-order valence-electron chi connectivity index (χ0n) is 12.0.